The molecule has 20 heavy (non-hydrogen) atoms. The van der Waals surface area contributed by atoms with Gasteiger partial charge in [0, 0.05) is 24.5 Å². The van der Waals surface area contributed by atoms with Gasteiger partial charge in [-0.2, -0.15) is 0 Å². The molecule has 0 radical (unpaired) electrons. The lowest BCUT2D eigenvalue weighted by atomic mass is 10.0. The average Bonchev–Trinajstić information content (AvgIpc) is 2.46. The molecular weight excluding hydrogens is 287 g/mol. The van der Waals surface area contributed by atoms with Crippen molar-refractivity contribution in [3.63, 3.8) is 0 Å². The lowest BCUT2D eigenvalue weighted by Crippen LogP contribution is -2.45. The molecule has 1 aromatic rings. The first kappa shape index (κ1) is 14.7. The van der Waals surface area contributed by atoms with Gasteiger partial charge < -0.3 is 4.90 Å². The zero-order valence-corrected chi connectivity index (χ0v) is 11.5. The largest absolute Gasteiger partial charge is 0.334 e. The van der Waals surface area contributed by atoms with Gasteiger partial charge in [0.05, 0.1) is 16.6 Å². The molecule has 108 valence electrons. The maximum Gasteiger partial charge on any atom is 0.272 e. The predicted octanol–water partition coefficient (Wildman–Crippen LogP) is 2.97. The molecule has 1 unspecified atom stereocenters. The topological polar surface area (TPSA) is 63.4 Å². The normalized spacial score (nSPS) is 18.9. The number of piperidine rings is 1. The molecule has 0 aromatic heterocycles. The Morgan fingerprint density at radius 2 is 2.25 bits per heavy atom. The number of benzene rings is 1. The molecule has 0 bridgehead atoms. The highest BCUT2D eigenvalue weighted by molar-refractivity contribution is 6.18. The van der Waals surface area contributed by atoms with Crippen molar-refractivity contribution in [2.45, 2.75) is 25.3 Å². The summed E-state index contributed by atoms with van der Waals surface area (Å²) >= 11 is 5.84. The number of alkyl halides is 1. The van der Waals surface area contributed by atoms with Crippen LogP contribution in [0.25, 0.3) is 0 Å². The first-order valence-corrected chi connectivity index (χ1v) is 6.89. The summed E-state index contributed by atoms with van der Waals surface area (Å²) in [5, 5.41) is 10.6. The van der Waals surface area contributed by atoms with Crippen LogP contribution in [0.3, 0.4) is 0 Å². The number of nitro groups is 1. The van der Waals surface area contributed by atoms with E-state index in [1.54, 1.807) is 4.90 Å². The molecule has 0 N–H and O–H groups in total. The first-order valence-electron chi connectivity index (χ1n) is 6.35. The molecular formula is C13H14ClFN2O3. The minimum absolute atomic E-state index is 0.104. The van der Waals surface area contributed by atoms with E-state index in [4.69, 9.17) is 11.6 Å². The lowest BCUT2D eigenvalue weighted by Gasteiger charge is -2.34. The number of carbonyl (C=O) groups is 1. The molecule has 5 nitrogen and oxygen atoms in total. The number of rotatable bonds is 3. The monoisotopic (exact) mass is 300 g/mol. The van der Waals surface area contributed by atoms with Crippen LogP contribution in [0.15, 0.2) is 18.2 Å². The third-order valence-corrected chi connectivity index (χ3v) is 3.82. The molecule has 1 aromatic carbocycles. The van der Waals surface area contributed by atoms with Gasteiger partial charge in [-0.1, -0.05) is 0 Å². The van der Waals surface area contributed by atoms with E-state index in [9.17, 15) is 19.3 Å². The van der Waals surface area contributed by atoms with Crippen LogP contribution in [0.5, 0.6) is 0 Å². The Balaban J connectivity index is 2.26. The van der Waals surface area contributed by atoms with Gasteiger partial charge in [-0.05, 0) is 25.3 Å². The van der Waals surface area contributed by atoms with Crippen LogP contribution in [-0.2, 0) is 0 Å². The number of non-ortho nitro benzene ring substituents is 1. The van der Waals surface area contributed by atoms with Crippen molar-refractivity contribution in [3.8, 4) is 0 Å². The van der Waals surface area contributed by atoms with Crippen LogP contribution in [-0.4, -0.2) is 34.2 Å². The minimum atomic E-state index is -0.872. The first-order chi connectivity index (χ1) is 9.54. The van der Waals surface area contributed by atoms with Gasteiger partial charge in [-0.15, -0.1) is 11.6 Å². The summed E-state index contributed by atoms with van der Waals surface area (Å²) < 4.78 is 13.9. The Bertz CT molecular complexity index is 538. The fourth-order valence-corrected chi connectivity index (χ4v) is 2.69. The standard InChI is InChI=1S/C13H14ClFN2O3/c14-8-10-3-1-2-6-16(10)13(18)11-5-4-9(17(19)20)7-12(11)15/h4-5,7,10H,1-3,6,8H2. The average molecular weight is 301 g/mol. The van der Waals surface area contributed by atoms with Gasteiger partial charge in [-0.25, -0.2) is 4.39 Å². The Kier molecular flexibility index (Phi) is 4.54. The molecule has 1 heterocycles. The smallest absolute Gasteiger partial charge is 0.272 e. The van der Waals surface area contributed by atoms with E-state index in [1.165, 1.54) is 0 Å². The van der Waals surface area contributed by atoms with Gasteiger partial charge in [0.2, 0.25) is 0 Å². The van der Waals surface area contributed by atoms with Gasteiger partial charge in [-0.3, -0.25) is 14.9 Å². The van der Waals surface area contributed by atoms with Gasteiger partial charge in [0.25, 0.3) is 11.6 Å². The Morgan fingerprint density at radius 1 is 1.50 bits per heavy atom. The number of carbonyl (C=O) groups excluding carboxylic acids is 1. The van der Waals surface area contributed by atoms with Gasteiger partial charge in [0.1, 0.15) is 5.82 Å². The zero-order valence-electron chi connectivity index (χ0n) is 10.7. The summed E-state index contributed by atoms with van der Waals surface area (Å²) in [5.74, 6) is -1.02. The van der Waals surface area contributed by atoms with E-state index in [1.807, 2.05) is 0 Å². The van der Waals surface area contributed by atoms with Crippen LogP contribution in [0.1, 0.15) is 29.6 Å². The number of amides is 1. The van der Waals surface area contributed by atoms with Crippen LogP contribution in [0.2, 0.25) is 0 Å². The summed E-state index contributed by atoms with van der Waals surface area (Å²) in [7, 11) is 0. The zero-order chi connectivity index (χ0) is 14.7. The maximum absolute atomic E-state index is 13.9. The predicted molar refractivity (Wildman–Crippen MR) is 72.4 cm³/mol. The van der Waals surface area contributed by atoms with E-state index in [0.717, 1.165) is 37.5 Å². The quantitative estimate of drug-likeness (QED) is 0.490. The number of halogens is 2. The number of hydrogen-bond acceptors (Lipinski definition) is 3. The summed E-state index contributed by atoms with van der Waals surface area (Å²) in [6.07, 6.45) is 2.64. The summed E-state index contributed by atoms with van der Waals surface area (Å²) in [4.78, 5) is 23.8. The third-order valence-electron chi connectivity index (χ3n) is 3.46. The van der Waals surface area contributed by atoms with E-state index < -0.39 is 16.6 Å². The summed E-state index contributed by atoms with van der Waals surface area (Å²) in [6, 6.07) is 2.96. The van der Waals surface area contributed by atoms with Crippen LogP contribution in [0.4, 0.5) is 10.1 Å². The van der Waals surface area contributed by atoms with Crippen molar-refractivity contribution in [2.24, 2.45) is 0 Å². The van der Waals surface area contributed by atoms with Crippen molar-refractivity contribution in [2.75, 3.05) is 12.4 Å². The molecule has 0 saturated carbocycles. The SMILES string of the molecule is O=C(c1ccc([N+](=O)[O-])cc1F)N1CCCCC1CCl. The minimum Gasteiger partial charge on any atom is -0.334 e. The number of likely N-dealkylation sites (tertiary alicyclic amines) is 1. The maximum atomic E-state index is 13.9. The van der Waals surface area contributed by atoms with Gasteiger partial charge in [0.15, 0.2) is 0 Å². The Hall–Kier alpha value is -1.69. The molecule has 1 amide bonds. The fourth-order valence-electron chi connectivity index (χ4n) is 2.37. The highest BCUT2D eigenvalue weighted by atomic mass is 35.5. The molecule has 7 heteroatoms. The van der Waals surface area contributed by atoms with Crippen LogP contribution in [0, 0.1) is 15.9 Å². The molecule has 2 rings (SSSR count). The van der Waals surface area contributed by atoms with Gasteiger partial charge >= 0.3 is 0 Å². The van der Waals surface area contributed by atoms with Crippen molar-refractivity contribution in [1.82, 2.24) is 4.90 Å². The molecule has 1 aliphatic rings. The second-order valence-corrected chi connectivity index (χ2v) is 5.03. The number of nitrogens with zero attached hydrogens (tertiary/aromatic N) is 2. The molecule has 1 aliphatic heterocycles. The highest BCUT2D eigenvalue weighted by Gasteiger charge is 2.28. The molecule has 1 atom stereocenters. The van der Waals surface area contributed by atoms with Crippen molar-refractivity contribution < 1.29 is 14.1 Å². The highest BCUT2D eigenvalue weighted by Crippen LogP contribution is 2.23. The number of hydrogen-bond donors (Lipinski definition) is 0. The fraction of sp³-hybridized carbons (Fsp3) is 0.462. The Labute approximate surface area is 120 Å². The second-order valence-electron chi connectivity index (χ2n) is 4.72. The van der Waals surface area contributed by atoms with E-state index in [0.29, 0.717) is 12.4 Å². The summed E-state index contributed by atoms with van der Waals surface area (Å²) in [6.45, 7) is 0.534. The van der Waals surface area contributed by atoms with Crippen molar-refractivity contribution in [3.05, 3.63) is 39.7 Å². The van der Waals surface area contributed by atoms with Crippen LogP contribution < -0.4 is 0 Å². The van der Waals surface area contributed by atoms with E-state index >= 15 is 0 Å². The van der Waals surface area contributed by atoms with Crippen LogP contribution >= 0.6 is 11.6 Å². The molecule has 1 fully saturated rings. The Morgan fingerprint density at radius 3 is 2.85 bits per heavy atom. The molecule has 1 saturated heterocycles. The van der Waals surface area contributed by atoms with Crippen molar-refractivity contribution >= 4 is 23.2 Å². The molecule has 0 spiro atoms. The van der Waals surface area contributed by atoms with E-state index in [2.05, 4.69) is 0 Å². The van der Waals surface area contributed by atoms with Crippen molar-refractivity contribution in [1.29, 1.82) is 0 Å². The van der Waals surface area contributed by atoms with E-state index in [-0.39, 0.29) is 17.3 Å². The lowest BCUT2D eigenvalue weighted by molar-refractivity contribution is -0.385. The number of nitro benzene ring substituents is 1. The third kappa shape index (κ3) is 2.90. The molecule has 0 aliphatic carbocycles. The second kappa shape index (κ2) is 6.17. The summed E-state index contributed by atoms with van der Waals surface area (Å²) in [5.41, 5.74) is -0.515.